The molecule has 1 aromatic heterocycles. The third-order valence-corrected chi connectivity index (χ3v) is 5.35. The van der Waals surface area contributed by atoms with Gasteiger partial charge in [-0.25, -0.2) is 13.4 Å². The number of primary amides is 1. The van der Waals surface area contributed by atoms with Crippen molar-refractivity contribution in [2.45, 2.75) is 31.6 Å². The van der Waals surface area contributed by atoms with E-state index >= 15 is 0 Å². The van der Waals surface area contributed by atoms with Crippen LogP contribution in [0, 0.1) is 0 Å². The summed E-state index contributed by atoms with van der Waals surface area (Å²) in [5.41, 5.74) is 6.01. The molecule has 0 radical (unpaired) electrons. The number of aromatic nitrogens is 2. The van der Waals surface area contributed by atoms with Crippen molar-refractivity contribution < 1.29 is 22.7 Å². The molecule has 1 aliphatic heterocycles. The van der Waals surface area contributed by atoms with Gasteiger partial charge in [0.15, 0.2) is 9.84 Å². The first-order chi connectivity index (χ1) is 14.2. The van der Waals surface area contributed by atoms with Crippen LogP contribution in [0.2, 0.25) is 0 Å². The van der Waals surface area contributed by atoms with E-state index in [1.165, 1.54) is 6.08 Å². The molecule has 30 heavy (non-hydrogen) atoms. The van der Waals surface area contributed by atoms with Gasteiger partial charge in [0.25, 0.3) is 5.91 Å². The molecule has 2 atom stereocenters. The van der Waals surface area contributed by atoms with Gasteiger partial charge in [0.05, 0.1) is 12.3 Å². The normalized spacial score (nSPS) is 18.3. The Hall–Kier alpha value is -2.78. The minimum Gasteiger partial charge on any atom is -0.438 e. The average Bonchev–Trinajstić information content (AvgIpc) is 2.72. The van der Waals surface area contributed by atoms with E-state index in [-0.39, 0.29) is 17.4 Å². The van der Waals surface area contributed by atoms with Gasteiger partial charge >= 0.3 is 0 Å². The number of para-hydroxylation sites is 1. The highest BCUT2D eigenvalue weighted by atomic mass is 32.2. The van der Waals surface area contributed by atoms with Gasteiger partial charge in [-0.3, -0.25) is 4.79 Å². The molecular weight excluding hydrogens is 406 g/mol. The summed E-state index contributed by atoms with van der Waals surface area (Å²) in [5.74, 6) is -0.272. The summed E-state index contributed by atoms with van der Waals surface area (Å²) in [5, 5.41) is 1.09. The second kappa shape index (κ2) is 9.36. The fourth-order valence-corrected chi connectivity index (χ4v) is 3.71. The summed E-state index contributed by atoms with van der Waals surface area (Å²) < 4.78 is 34.6. The summed E-state index contributed by atoms with van der Waals surface area (Å²) >= 11 is 0. The van der Waals surface area contributed by atoms with Crippen molar-refractivity contribution in [3.8, 4) is 11.6 Å². The van der Waals surface area contributed by atoms with E-state index in [2.05, 4.69) is 9.97 Å². The highest BCUT2D eigenvalue weighted by molar-refractivity contribution is 7.93. The standard InChI is InChI=1S/C21H25N3O5S/c1-14(10-12-30(2,26)27)18-17(19(22)25)21(29-16-8-4-3-5-9-16)24-20(23-18)15-7-6-11-28-13-15/h3-5,8-10,12,14-15H,6-7,11,13H2,1-2H3,(H2,22,25)/b12-10+/t14-,15?/m0/s1. The molecule has 2 aromatic rings. The van der Waals surface area contributed by atoms with Crippen LogP contribution < -0.4 is 10.5 Å². The van der Waals surface area contributed by atoms with Crippen molar-refractivity contribution in [3.63, 3.8) is 0 Å². The molecule has 1 fully saturated rings. The van der Waals surface area contributed by atoms with Crippen LogP contribution in [0.5, 0.6) is 11.6 Å². The lowest BCUT2D eigenvalue weighted by Crippen LogP contribution is -2.23. The molecule has 3 rings (SSSR count). The third kappa shape index (κ3) is 5.64. The van der Waals surface area contributed by atoms with Crippen LogP contribution in [-0.2, 0) is 14.6 Å². The number of carbonyl (C=O) groups is 1. The summed E-state index contributed by atoms with van der Waals surface area (Å²) in [6.07, 6.45) is 4.28. The zero-order valence-electron chi connectivity index (χ0n) is 16.9. The molecule has 1 unspecified atom stereocenters. The van der Waals surface area contributed by atoms with Crippen molar-refractivity contribution in [3.05, 3.63) is 58.9 Å². The maximum absolute atomic E-state index is 12.3. The monoisotopic (exact) mass is 431 g/mol. The Morgan fingerprint density at radius 1 is 1.30 bits per heavy atom. The van der Waals surface area contributed by atoms with Crippen molar-refractivity contribution in [1.29, 1.82) is 0 Å². The fraction of sp³-hybridized carbons (Fsp3) is 0.381. The van der Waals surface area contributed by atoms with Gasteiger partial charge in [-0.2, -0.15) is 4.98 Å². The minimum atomic E-state index is -3.34. The van der Waals surface area contributed by atoms with E-state index in [1.54, 1.807) is 31.2 Å². The van der Waals surface area contributed by atoms with Crippen LogP contribution >= 0.6 is 0 Å². The number of nitrogens with zero attached hydrogens (tertiary/aromatic N) is 2. The number of sulfone groups is 1. The Balaban J connectivity index is 2.12. The number of nitrogens with two attached hydrogens (primary N) is 1. The third-order valence-electron chi connectivity index (χ3n) is 4.70. The molecule has 1 aromatic carbocycles. The van der Waals surface area contributed by atoms with E-state index in [9.17, 15) is 13.2 Å². The van der Waals surface area contributed by atoms with Crippen LogP contribution in [0.1, 0.15) is 53.5 Å². The summed E-state index contributed by atoms with van der Waals surface area (Å²) in [6, 6.07) is 8.92. The van der Waals surface area contributed by atoms with Crippen LogP contribution in [0.3, 0.4) is 0 Å². The quantitative estimate of drug-likeness (QED) is 0.715. The van der Waals surface area contributed by atoms with E-state index in [1.807, 2.05) is 6.07 Å². The van der Waals surface area contributed by atoms with Crippen molar-refractivity contribution in [2.24, 2.45) is 5.73 Å². The fourth-order valence-electron chi connectivity index (χ4n) is 3.19. The lowest BCUT2D eigenvalue weighted by Gasteiger charge is -2.23. The van der Waals surface area contributed by atoms with Crippen molar-refractivity contribution in [1.82, 2.24) is 9.97 Å². The zero-order chi connectivity index (χ0) is 21.7. The number of amides is 1. The first-order valence-corrected chi connectivity index (χ1v) is 11.6. The molecule has 1 amide bonds. The number of carbonyl (C=O) groups excluding carboxylic acids is 1. The Bertz CT molecular complexity index is 1030. The molecule has 8 nitrogen and oxygen atoms in total. The number of benzene rings is 1. The molecule has 160 valence electrons. The molecule has 0 spiro atoms. The topological polar surface area (TPSA) is 121 Å². The average molecular weight is 432 g/mol. The molecule has 0 saturated carbocycles. The molecule has 1 aliphatic rings. The Labute approximate surface area is 176 Å². The van der Waals surface area contributed by atoms with E-state index in [0.717, 1.165) is 24.5 Å². The smallest absolute Gasteiger partial charge is 0.256 e. The lowest BCUT2D eigenvalue weighted by atomic mass is 9.98. The number of hydrogen-bond acceptors (Lipinski definition) is 7. The van der Waals surface area contributed by atoms with Crippen LogP contribution in [-0.4, -0.2) is 43.8 Å². The summed E-state index contributed by atoms with van der Waals surface area (Å²) in [7, 11) is -3.34. The lowest BCUT2D eigenvalue weighted by molar-refractivity contribution is 0.0778. The largest absolute Gasteiger partial charge is 0.438 e. The number of rotatable bonds is 7. The van der Waals surface area contributed by atoms with Gasteiger partial charge in [-0.05, 0) is 25.0 Å². The predicted molar refractivity (Wildman–Crippen MR) is 112 cm³/mol. The molecule has 1 saturated heterocycles. The first kappa shape index (κ1) is 21.9. The van der Waals surface area contributed by atoms with Crippen molar-refractivity contribution >= 4 is 15.7 Å². The number of hydrogen-bond donors (Lipinski definition) is 1. The SMILES string of the molecule is C[C@@H](/C=C/S(C)(=O)=O)c1nc(C2CCCOC2)nc(Oc2ccccc2)c1C(N)=O. The van der Waals surface area contributed by atoms with Crippen molar-refractivity contribution in [2.75, 3.05) is 19.5 Å². The highest BCUT2D eigenvalue weighted by Crippen LogP contribution is 2.33. The van der Waals surface area contributed by atoms with Gasteiger partial charge in [0.1, 0.15) is 17.1 Å². The van der Waals surface area contributed by atoms with Gasteiger partial charge in [-0.15, -0.1) is 0 Å². The second-order valence-corrected chi connectivity index (χ2v) is 9.22. The van der Waals surface area contributed by atoms with E-state index < -0.39 is 21.7 Å². The molecular formula is C21H25N3O5S. The molecule has 2 N–H and O–H groups in total. The maximum Gasteiger partial charge on any atom is 0.256 e. The van der Waals surface area contributed by atoms with Gasteiger partial charge < -0.3 is 15.2 Å². The second-order valence-electron chi connectivity index (χ2n) is 7.29. The molecule has 9 heteroatoms. The zero-order valence-corrected chi connectivity index (χ0v) is 17.8. The van der Waals surface area contributed by atoms with Gasteiger partial charge in [0.2, 0.25) is 5.88 Å². The van der Waals surface area contributed by atoms with Crippen LogP contribution in [0.25, 0.3) is 0 Å². The number of allylic oxidation sites excluding steroid dienone is 1. The maximum atomic E-state index is 12.3. The highest BCUT2D eigenvalue weighted by Gasteiger charge is 2.27. The molecule has 0 aliphatic carbocycles. The number of ether oxygens (including phenoxy) is 2. The summed E-state index contributed by atoms with van der Waals surface area (Å²) in [6.45, 7) is 2.89. The molecule has 2 heterocycles. The first-order valence-electron chi connectivity index (χ1n) is 9.65. The Morgan fingerprint density at radius 3 is 2.63 bits per heavy atom. The van der Waals surface area contributed by atoms with Gasteiger partial charge in [0, 0.05) is 30.1 Å². The van der Waals surface area contributed by atoms with E-state index in [0.29, 0.717) is 30.5 Å². The Kier molecular flexibility index (Phi) is 6.84. The predicted octanol–water partition coefficient (Wildman–Crippen LogP) is 2.92. The minimum absolute atomic E-state index is 0.0324. The van der Waals surface area contributed by atoms with Crippen LogP contribution in [0.4, 0.5) is 0 Å². The van der Waals surface area contributed by atoms with Gasteiger partial charge in [-0.1, -0.05) is 31.2 Å². The van der Waals surface area contributed by atoms with Crippen LogP contribution in [0.15, 0.2) is 41.8 Å². The molecule has 0 bridgehead atoms. The van der Waals surface area contributed by atoms with E-state index in [4.69, 9.17) is 15.2 Å². The summed E-state index contributed by atoms with van der Waals surface area (Å²) in [4.78, 5) is 21.4. The Morgan fingerprint density at radius 2 is 2.03 bits per heavy atom.